The number of aryl methyl sites for hydroxylation is 2. The predicted molar refractivity (Wildman–Crippen MR) is 72.1 cm³/mol. The van der Waals surface area contributed by atoms with Crippen LogP contribution in [0.4, 0.5) is 0 Å². The van der Waals surface area contributed by atoms with E-state index in [1.807, 2.05) is 14.0 Å². The van der Waals surface area contributed by atoms with E-state index < -0.39 is 10.0 Å². The van der Waals surface area contributed by atoms with Crippen LogP contribution in [-0.2, 0) is 17.1 Å². The van der Waals surface area contributed by atoms with Crippen LogP contribution in [0.25, 0.3) is 0 Å². The van der Waals surface area contributed by atoms with Gasteiger partial charge in [0.2, 0.25) is 0 Å². The lowest BCUT2D eigenvalue weighted by Gasteiger charge is -2.18. The highest BCUT2D eigenvalue weighted by molar-refractivity contribution is 7.89. The fraction of sp³-hybridized carbons (Fsp3) is 0.615. The summed E-state index contributed by atoms with van der Waals surface area (Å²) in [5.74, 6) is 1.67. The Kier molecular flexibility index (Phi) is 3.02. The van der Waals surface area contributed by atoms with Crippen LogP contribution in [0, 0.1) is 18.8 Å². The SMILES string of the molecule is Cc1nc(S(=O)(=O)N2CC3CC=CCC3C2)cn1C. The van der Waals surface area contributed by atoms with E-state index in [4.69, 9.17) is 0 Å². The molecule has 2 aliphatic rings. The third-order valence-corrected chi connectivity index (χ3v) is 5.98. The molecule has 2 unspecified atom stereocenters. The fourth-order valence-corrected chi connectivity index (χ4v) is 4.53. The highest BCUT2D eigenvalue weighted by atomic mass is 32.2. The molecule has 1 saturated heterocycles. The van der Waals surface area contributed by atoms with E-state index in [-0.39, 0.29) is 5.03 Å². The minimum absolute atomic E-state index is 0.180. The molecule has 6 heteroatoms. The molecule has 3 rings (SSSR count). The maximum atomic E-state index is 12.6. The van der Waals surface area contributed by atoms with Crippen LogP contribution >= 0.6 is 0 Å². The summed E-state index contributed by atoms with van der Waals surface area (Å²) < 4.78 is 28.5. The van der Waals surface area contributed by atoms with Crippen molar-refractivity contribution in [2.24, 2.45) is 18.9 Å². The number of hydrogen-bond donors (Lipinski definition) is 0. The topological polar surface area (TPSA) is 55.2 Å². The number of rotatable bonds is 2. The molecule has 0 N–H and O–H groups in total. The Labute approximate surface area is 114 Å². The first-order valence-corrected chi connectivity index (χ1v) is 8.07. The zero-order valence-corrected chi connectivity index (χ0v) is 12.1. The van der Waals surface area contributed by atoms with E-state index in [0.29, 0.717) is 24.9 Å². The number of allylic oxidation sites excluding steroid dienone is 2. The van der Waals surface area contributed by atoms with Crippen molar-refractivity contribution in [1.29, 1.82) is 0 Å². The van der Waals surface area contributed by atoms with E-state index >= 15 is 0 Å². The summed E-state index contributed by atoms with van der Waals surface area (Å²) in [6, 6.07) is 0. The lowest BCUT2D eigenvalue weighted by atomic mass is 9.86. The second kappa shape index (κ2) is 4.45. The molecule has 0 radical (unpaired) electrons. The quantitative estimate of drug-likeness (QED) is 0.768. The van der Waals surface area contributed by atoms with Crippen molar-refractivity contribution in [3.05, 3.63) is 24.2 Å². The van der Waals surface area contributed by atoms with Crippen molar-refractivity contribution in [2.45, 2.75) is 24.8 Å². The molecule has 104 valence electrons. The summed E-state index contributed by atoms with van der Waals surface area (Å²) in [6.45, 7) is 3.08. The van der Waals surface area contributed by atoms with E-state index in [2.05, 4.69) is 17.1 Å². The number of hydrogen-bond acceptors (Lipinski definition) is 3. The van der Waals surface area contributed by atoms with Gasteiger partial charge in [0, 0.05) is 26.3 Å². The zero-order valence-electron chi connectivity index (χ0n) is 11.3. The highest BCUT2D eigenvalue weighted by Crippen LogP contribution is 2.35. The molecule has 0 saturated carbocycles. The number of aromatic nitrogens is 2. The van der Waals surface area contributed by atoms with Gasteiger partial charge in [0.05, 0.1) is 0 Å². The Morgan fingerprint density at radius 2 is 1.79 bits per heavy atom. The van der Waals surface area contributed by atoms with E-state index in [0.717, 1.165) is 18.7 Å². The summed E-state index contributed by atoms with van der Waals surface area (Å²) in [7, 11) is -1.61. The van der Waals surface area contributed by atoms with Crippen molar-refractivity contribution in [3.63, 3.8) is 0 Å². The van der Waals surface area contributed by atoms with Crippen molar-refractivity contribution in [1.82, 2.24) is 13.9 Å². The first-order chi connectivity index (χ1) is 8.98. The first kappa shape index (κ1) is 12.9. The first-order valence-electron chi connectivity index (χ1n) is 6.63. The van der Waals surface area contributed by atoms with Gasteiger partial charge in [-0.2, -0.15) is 4.31 Å². The minimum atomic E-state index is -3.42. The average Bonchev–Trinajstić information content (AvgIpc) is 2.94. The van der Waals surface area contributed by atoms with Crippen LogP contribution in [0.5, 0.6) is 0 Å². The van der Waals surface area contributed by atoms with Crippen molar-refractivity contribution >= 4 is 10.0 Å². The van der Waals surface area contributed by atoms with Gasteiger partial charge in [0.1, 0.15) is 5.82 Å². The number of nitrogens with zero attached hydrogens (tertiary/aromatic N) is 3. The smallest absolute Gasteiger partial charge is 0.262 e. The Hall–Kier alpha value is -1.14. The second-order valence-corrected chi connectivity index (χ2v) is 7.41. The standard InChI is InChI=1S/C13H19N3O2S/c1-10-14-13(9-15(10)2)19(17,18)16-7-11-5-3-4-6-12(11)8-16/h3-4,9,11-12H,5-8H2,1-2H3. The van der Waals surface area contributed by atoms with Crippen LogP contribution in [-0.4, -0.2) is 35.4 Å². The minimum Gasteiger partial charge on any atom is -0.337 e. The van der Waals surface area contributed by atoms with Gasteiger partial charge in [-0.1, -0.05) is 12.2 Å². The maximum absolute atomic E-state index is 12.6. The molecule has 1 aliphatic heterocycles. The molecule has 1 aliphatic carbocycles. The molecular formula is C13H19N3O2S. The van der Waals surface area contributed by atoms with Gasteiger partial charge in [-0.05, 0) is 31.6 Å². The summed E-state index contributed by atoms with van der Waals surface area (Å²) in [6.07, 6.45) is 7.94. The molecule has 0 spiro atoms. The van der Waals surface area contributed by atoms with Gasteiger partial charge in [0.25, 0.3) is 10.0 Å². The van der Waals surface area contributed by atoms with Crippen LogP contribution in [0.2, 0.25) is 0 Å². The molecule has 5 nitrogen and oxygen atoms in total. The summed E-state index contributed by atoms with van der Waals surface area (Å²) in [5.41, 5.74) is 0. The van der Waals surface area contributed by atoms with E-state index in [9.17, 15) is 8.42 Å². The largest absolute Gasteiger partial charge is 0.337 e. The normalized spacial score (nSPS) is 27.7. The summed E-state index contributed by atoms with van der Waals surface area (Å²) in [5, 5.41) is 0.180. The van der Waals surface area contributed by atoms with Crippen LogP contribution in [0.3, 0.4) is 0 Å². The predicted octanol–water partition coefficient (Wildman–Crippen LogP) is 1.32. The molecule has 0 amide bonds. The molecule has 1 aromatic heterocycles. The van der Waals surface area contributed by atoms with Gasteiger partial charge in [0.15, 0.2) is 5.03 Å². The molecular weight excluding hydrogens is 262 g/mol. The van der Waals surface area contributed by atoms with Gasteiger partial charge in [-0.3, -0.25) is 0 Å². The molecule has 2 atom stereocenters. The third-order valence-electron chi connectivity index (χ3n) is 4.28. The Balaban J connectivity index is 1.86. The lowest BCUT2D eigenvalue weighted by molar-refractivity contribution is 0.411. The Morgan fingerprint density at radius 3 is 2.26 bits per heavy atom. The van der Waals surface area contributed by atoms with Crippen LogP contribution < -0.4 is 0 Å². The van der Waals surface area contributed by atoms with Crippen molar-refractivity contribution in [2.75, 3.05) is 13.1 Å². The van der Waals surface area contributed by atoms with Crippen molar-refractivity contribution in [3.8, 4) is 0 Å². The fourth-order valence-electron chi connectivity index (χ4n) is 2.95. The molecule has 2 heterocycles. The molecule has 19 heavy (non-hydrogen) atoms. The van der Waals surface area contributed by atoms with Crippen molar-refractivity contribution < 1.29 is 8.42 Å². The van der Waals surface area contributed by atoms with Gasteiger partial charge < -0.3 is 4.57 Å². The van der Waals surface area contributed by atoms with Gasteiger partial charge >= 0.3 is 0 Å². The number of imidazole rings is 1. The van der Waals surface area contributed by atoms with Crippen LogP contribution in [0.15, 0.2) is 23.4 Å². The van der Waals surface area contributed by atoms with E-state index in [1.165, 1.54) is 0 Å². The third kappa shape index (κ3) is 2.12. The molecule has 1 fully saturated rings. The zero-order chi connectivity index (χ0) is 13.6. The molecule has 1 aromatic rings. The molecule has 0 aromatic carbocycles. The maximum Gasteiger partial charge on any atom is 0.262 e. The number of sulfonamides is 1. The Bertz CT molecular complexity index is 582. The summed E-state index contributed by atoms with van der Waals surface area (Å²) in [4.78, 5) is 4.16. The Morgan fingerprint density at radius 1 is 1.21 bits per heavy atom. The average molecular weight is 281 g/mol. The second-order valence-electron chi connectivity index (χ2n) is 5.52. The lowest BCUT2D eigenvalue weighted by Crippen LogP contribution is -2.29. The monoisotopic (exact) mass is 281 g/mol. The summed E-state index contributed by atoms with van der Waals surface area (Å²) >= 11 is 0. The molecule has 0 bridgehead atoms. The van der Waals surface area contributed by atoms with Gasteiger partial charge in [-0.15, -0.1) is 0 Å². The highest BCUT2D eigenvalue weighted by Gasteiger charge is 2.40. The van der Waals surface area contributed by atoms with Crippen LogP contribution in [0.1, 0.15) is 18.7 Å². The van der Waals surface area contributed by atoms with E-state index in [1.54, 1.807) is 15.1 Å². The van der Waals surface area contributed by atoms with Gasteiger partial charge in [-0.25, -0.2) is 13.4 Å². The number of fused-ring (bicyclic) bond motifs is 1.